The molecule has 0 unspecified atom stereocenters. The van der Waals surface area contributed by atoms with Crippen molar-refractivity contribution >= 4 is 15.9 Å². The average Bonchev–Trinajstić information content (AvgIpc) is 2.76. The second-order valence-electron chi connectivity index (χ2n) is 4.21. The predicted molar refractivity (Wildman–Crippen MR) is 75.8 cm³/mol. The van der Waals surface area contributed by atoms with Gasteiger partial charge in [-0.05, 0) is 48.0 Å². The van der Waals surface area contributed by atoms with E-state index in [4.69, 9.17) is 0 Å². The van der Waals surface area contributed by atoms with Crippen LogP contribution in [0, 0.1) is 6.92 Å². The normalized spacial score (nSPS) is 10.8. The van der Waals surface area contributed by atoms with Gasteiger partial charge in [0, 0.05) is 29.0 Å². The van der Waals surface area contributed by atoms with Crippen LogP contribution in [0.5, 0.6) is 0 Å². The van der Waals surface area contributed by atoms with Crippen LogP contribution in [0.25, 0.3) is 5.82 Å². The van der Waals surface area contributed by atoms with Gasteiger partial charge in [-0.2, -0.15) is 5.10 Å². The van der Waals surface area contributed by atoms with Gasteiger partial charge in [-0.25, -0.2) is 9.67 Å². The first-order valence-corrected chi connectivity index (χ1v) is 6.87. The van der Waals surface area contributed by atoms with E-state index in [0.29, 0.717) is 0 Å². The van der Waals surface area contributed by atoms with Crippen molar-refractivity contribution in [3.63, 3.8) is 0 Å². The minimum absolute atomic E-state index is 0.800. The van der Waals surface area contributed by atoms with Gasteiger partial charge < -0.3 is 5.32 Å². The quantitative estimate of drug-likeness (QED) is 0.864. The maximum Gasteiger partial charge on any atom is 0.157 e. The summed E-state index contributed by atoms with van der Waals surface area (Å²) in [5.41, 5.74) is 2.13. The molecule has 2 heterocycles. The average molecular weight is 309 g/mol. The Labute approximate surface area is 116 Å². The van der Waals surface area contributed by atoms with Crippen molar-refractivity contribution in [1.82, 2.24) is 20.1 Å². The van der Waals surface area contributed by atoms with E-state index in [9.17, 15) is 0 Å². The van der Waals surface area contributed by atoms with E-state index >= 15 is 0 Å². The topological polar surface area (TPSA) is 42.7 Å². The van der Waals surface area contributed by atoms with Gasteiger partial charge in [0.05, 0.1) is 5.69 Å². The van der Waals surface area contributed by atoms with Crippen LogP contribution in [0.2, 0.25) is 0 Å². The molecule has 2 aromatic heterocycles. The number of rotatable bonds is 5. The molecule has 0 aliphatic heterocycles. The van der Waals surface area contributed by atoms with Gasteiger partial charge in [0.15, 0.2) is 5.82 Å². The monoisotopic (exact) mass is 308 g/mol. The van der Waals surface area contributed by atoms with Gasteiger partial charge >= 0.3 is 0 Å². The van der Waals surface area contributed by atoms with Gasteiger partial charge in [-0.1, -0.05) is 6.92 Å². The van der Waals surface area contributed by atoms with Crippen LogP contribution in [0.15, 0.2) is 29.0 Å². The number of hydrogen-bond acceptors (Lipinski definition) is 3. The molecule has 0 fully saturated rings. The molecule has 0 radical (unpaired) electrons. The first-order chi connectivity index (χ1) is 8.70. The molecule has 0 aliphatic carbocycles. The number of nitrogens with zero attached hydrogens (tertiary/aromatic N) is 3. The molecule has 0 aliphatic rings. The highest BCUT2D eigenvalue weighted by Gasteiger charge is 2.08. The molecule has 2 rings (SSSR count). The Kier molecular flexibility index (Phi) is 4.49. The van der Waals surface area contributed by atoms with Crippen LogP contribution < -0.4 is 5.32 Å². The third-order valence-corrected chi connectivity index (χ3v) is 3.02. The maximum absolute atomic E-state index is 4.45. The van der Waals surface area contributed by atoms with Crippen molar-refractivity contribution in [3.8, 4) is 5.82 Å². The highest BCUT2D eigenvalue weighted by Crippen LogP contribution is 2.17. The predicted octanol–water partition coefficient (Wildman–Crippen LogP) is 2.84. The maximum atomic E-state index is 4.45. The Morgan fingerprint density at radius 3 is 2.94 bits per heavy atom. The standard InChI is InChI=1S/C13H17BrN4/c1-3-5-15-8-11-7-12(14)9-16-13(11)18-6-4-10(2)17-18/h4,6-7,9,15H,3,5,8H2,1-2H3. The van der Waals surface area contributed by atoms with Gasteiger partial charge in [-0.3, -0.25) is 0 Å². The Balaban J connectivity index is 2.28. The third kappa shape index (κ3) is 3.17. The first kappa shape index (κ1) is 13.2. The summed E-state index contributed by atoms with van der Waals surface area (Å²) in [6, 6.07) is 4.06. The summed E-state index contributed by atoms with van der Waals surface area (Å²) < 4.78 is 2.81. The highest BCUT2D eigenvalue weighted by molar-refractivity contribution is 9.10. The Morgan fingerprint density at radius 1 is 1.44 bits per heavy atom. The smallest absolute Gasteiger partial charge is 0.157 e. The molecule has 0 spiro atoms. The number of pyridine rings is 1. The zero-order valence-corrected chi connectivity index (χ0v) is 12.2. The van der Waals surface area contributed by atoms with Gasteiger partial charge in [0.1, 0.15) is 0 Å². The van der Waals surface area contributed by atoms with Crippen LogP contribution in [-0.4, -0.2) is 21.3 Å². The number of aromatic nitrogens is 3. The summed E-state index contributed by atoms with van der Waals surface area (Å²) in [5.74, 6) is 0.884. The van der Waals surface area contributed by atoms with Crippen LogP contribution in [-0.2, 0) is 6.54 Å². The molecule has 0 atom stereocenters. The molecular formula is C13H17BrN4. The number of aryl methyl sites for hydroxylation is 1. The third-order valence-electron chi connectivity index (χ3n) is 2.59. The Morgan fingerprint density at radius 2 is 2.28 bits per heavy atom. The van der Waals surface area contributed by atoms with Gasteiger partial charge in [0.2, 0.25) is 0 Å². The highest BCUT2D eigenvalue weighted by atomic mass is 79.9. The summed E-state index contributed by atoms with van der Waals surface area (Å²) in [6.45, 7) is 5.94. The van der Waals surface area contributed by atoms with Crippen molar-refractivity contribution in [3.05, 3.63) is 40.3 Å². The number of halogens is 1. The fraction of sp³-hybridized carbons (Fsp3) is 0.385. The van der Waals surface area contributed by atoms with Crippen LogP contribution >= 0.6 is 15.9 Å². The fourth-order valence-corrected chi connectivity index (χ4v) is 2.12. The summed E-state index contributed by atoms with van der Waals surface area (Å²) in [6.07, 6.45) is 4.86. The Bertz CT molecular complexity index is 521. The Hall–Kier alpha value is -1.20. The molecule has 96 valence electrons. The summed E-state index contributed by atoms with van der Waals surface area (Å²) in [4.78, 5) is 4.45. The minimum atomic E-state index is 0.800. The summed E-state index contributed by atoms with van der Waals surface area (Å²) >= 11 is 3.46. The van der Waals surface area contributed by atoms with E-state index in [1.54, 1.807) is 6.20 Å². The molecule has 2 aromatic rings. The van der Waals surface area contributed by atoms with Crippen molar-refractivity contribution < 1.29 is 0 Å². The molecule has 18 heavy (non-hydrogen) atoms. The van der Waals surface area contributed by atoms with Crippen molar-refractivity contribution in [2.75, 3.05) is 6.54 Å². The molecular weight excluding hydrogens is 292 g/mol. The fourth-order valence-electron chi connectivity index (χ4n) is 1.74. The van der Waals surface area contributed by atoms with E-state index in [1.165, 1.54) is 0 Å². The van der Waals surface area contributed by atoms with Crippen molar-refractivity contribution in [2.45, 2.75) is 26.8 Å². The van der Waals surface area contributed by atoms with Crippen molar-refractivity contribution in [2.24, 2.45) is 0 Å². The molecule has 0 saturated heterocycles. The number of nitrogens with one attached hydrogen (secondary N) is 1. The first-order valence-electron chi connectivity index (χ1n) is 6.08. The lowest BCUT2D eigenvalue weighted by Gasteiger charge is -2.10. The second-order valence-corrected chi connectivity index (χ2v) is 5.13. The van der Waals surface area contributed by atoms with Crippen molar-refractivity contribution in [1.29, 1.82) is 0 Å². The molecule has 4 nitrogen and oxygen atoms in total. The zero-order chi connectivity index (χ0) is 13.0. The van der Waals surface area contributed by atoms with E-state index < -0.39 is 0 Å². The number of hydrogen-bond donors (Lipinski definition) is 1. The van der Waals surface area contributed by atoms with Gasteiger partial charge in [-0.15, -0.1) is 0 Å². The van der Waals surface area contributed by atoms with E-state index in [-0.39, 0.29) is 0 Å². The van der Waals surface area contributed by atoms with Gasteiger partial charge in [0.25, 0.3) is 0 Å². The summed E-state index contributed by atoms with van der Waals surface area (Å²) in [5, 5.41) is 7.80. The minimum Gasteiger partial charge on any atom is -0.313 e. The molecule has 1 N–H and O–H groups in total. The molecule has 0 bridgehead atoms. The van der Waals surface area contributed by atoms with E-state index in [0.717, 1.165) is 41.1 Å². The van der Waals surface area contributed by atoms with Crippen LogP contribution in [0.4, 0.5) is 0 Å². The van der Waals surface area contributed by atoms with E-state index in [1.807, 2.05) is 23.9 Å². The van der Waals surface area contributed by atoms with Crippen LogP contribution in [0.1, 0.15) is 24.6 Å². The lowest BCUT2D eigenvalue weighted by molar-refractivity contribution is 0.666. The zero-order valence-electron chi connectivity index (χ0n) is 10.7. The summed E-state index contributed by atoms with van der Waals surface area (Å²) in [7, 11) is 0. The lowest BCUT2D eigenvalue weighted by atomic mass is 10.2. The SMILES string of the molecule is CCCNCc1cc(Br)cnc1-n1ccc(C)n1. The largest absolute Gasteiger partial charge is 0.313 e. The molecule has 5 heteroatoms. The molecule has 0 saturated carbocycles. The second kappa shape index (κ2) is 6.11. The van der Waals surface area contributed by atoms with Crippen LogP contribution in [0.3, 0.4) is 0 Å². The van der Waals surface area contributed by atoms with E-state index in [2.05, 4.69) is 44.3 Å². The molecule has 0 amide bonds. The molecule has 0 aromatic carbocycles. The lowest BCUT2D eigenvalue weighted by Crippen LogP contribution is -2.16.